The van der Waals surface area contributed by atoms with Gasteiger partial charge in [-0.1, -0.05) is 46.3 Å². The third-order valence-electron chi connectivity index (χ3n) is 2.94. The molecule has 2 aromatic carbocycles. The van der Waals surface area contributed by atoms with E-state index in [-0.39, 0.29) is 6.79 Å². The van der Waals surface area contributed by atoms with Crippen LogP contribution in [0.1, 0.15) is 11.1 Å². The van der Waals surface area contributed by atoms with Crippen LogP contribution in [0.15, 0.2) is 42.5 Å². The minimum absolute atomic E-state index is 0.277. The van der Waals surface area contributed by atoms with Crippen LogP contribution in [0.4, 0.5) is 0 Å². The molecule has 0 saturated carbocycles. The second kappa shape index (κ2) is 5.53. The van der Waals surface area contributed by atoms with Crippen LogP contribution >= 0.6 is 15.9 Å². The number of hydrogen-bond acceptors (Lipinski definition) is 3. The van der Waals surface area contributed by atoms with Crippen LogP contribution in [0.3, 0.4) is 0 Å². The molecule has 0 N–H and O–H groups in total. The van der Waals surface area contributed by atoms with Gasteiger partial charge in [0.2, 0.25) is 6.79 Å². The van der Waals surface area contributed by atoms with E-state index >= 15 is 0 Å². The Labute approximate surface area is 120 Å². The van der Waals surface area contributed by atoms with E-state index in [0.717, 1.165) is 28.4 Å². The topological polar surface area (TPSA) is 27.7 Å². The summed E-state index contributed by atoms with van der Waals surface area (Å²) in [5.41, 5.74) is 2.20. The van der Waals surface area contributed by atoms with Gasteiger partial charge in [-0.3, -0.25) is 0 Å². The van der Waals surface area contributed by atoms with Crippen LogP contribution in [0.5, 0.6) is 17.2 Å². The molecular formula is C15H13BrO3. The Morgan fingerprint density at radius 2 is 1.79 bits per heavy atom. The number of benzene rings is 2. The molecule has 4 heteroatoms. The standard InChI is InChI=1S/C15H13BrO3/c16-8-12-6-14-15(19-10-18-14)7-13(12)17-9-11-4-2-1-3-5-11/h1-7H,8-10H2. The largest absolute Gasteiger partial charge is 0.488 e. The van der Waals surface area contributed by atoms with Gasteiger partial charge < -0.3 is 14.2 Å². The number of rotatable bonds is 4. The van der Waals surface area contributed by atoms with Crippen molar-refractivity contribution in [1.29, 1.82) is 0 Å². The molecule has 0 fully saturated rings. The van der Waals surface area contributed by atoms with Crippen molar-refractivity contribution in [3.05, 3.63) is 53.6 Å². The lowest BCUT2D eigenvalue weighted by atomic mass is 10.2. The molecule has 19 heavy (non-hydrogen) atoms. The van der Waals surface area contributed by atoms with Crippen LogP contribution in [-0.4, -0.2) is 6.79 Å². The molecule has 3 nitrogen and oxygen atoms in total. The third-order valence-corrected chi connectivity index (χ3v) is 3.54. The Kier molecular flexibility index (Phi) is 3.60. The van der Waals surface area contributed by atoms with E-state index in [2.05, 4.69) is 15.9 Å². The maximum atomic E-state index is 5.87. The van der Waals surface area contributed by atoms with E-state index < -0.39 is 0 Å². The minimum atomic E-state index is 0.277. The summed E-state index contributed by atoms with van der Waals surface area (Å²) in [7, 11) is 0. The van der Waals surface area contributed by atoms with E-state index in [1.165, 1.54) is 0 Å². The molecule has 3 rings (SSSR count). The quantitative estimate of drug-likeness (QED) is 0.800. The molecule has 0 saturated heterocycles. The third kappa shape index (κ3) is 2.68. The second-order valence-corrected chi connectivity index (χ2v) is 4.78. The molecule has 1 heterocycles. The summed E-state index contributed by atoms with van der Waals surface area (Å²) >= 11 is 3.47. The highest BCUT2D eigenvalue weighted by Gasteiger charge is 2.17. The van der Waals surface area contributed by atoms with Gasteiger partial charge in [0.1, 0.15) is 12.4 Å². The van der Waals surface area contributed by atoms with Crippen molar-refractivity contribution >= 4 is 15.9 Å². The first-order valence-electron chi connectivity index (χ1n) is 6.02. The number of hydrogen-bond donors (Lipinski definition) is 0. The minimum Gasteiger partial charge on any atom is -0.488 e. The van der Waals surface area contributed by atoms with E-state index in [0.29, 0.717) is 11.9 Å². The highest BCUT2D eigenvalue weighted by Crippen LogP contribution is 2.39. The molecular weight excluding hydrogens is 308 g/mol. The summed E-state index contributed by atoms with van der Waals surface area (Å²) in [5, 5.41) is 0.716. The molecule has 0 atom stereocenters. The number of halogens is 1. The first-order valence-corrected chi connectivity index (χ1v) is 7.14. The molecule has 98 valence electrons. The summed E-state index contributed by atoms with van der Waals surface area (Å²) in [6.07, 6.45) is 0. The Balaban J connectivity index is 1.80. The molecule has 0 aliphatic carbocycles. The van der Waals surface area contributed by atoms with Gasteiger partial charge in [-0.15, -0.1) is 0 Å². The number of ether oxygens (including phenoxy) is 3. The lowest BCUT2D eigenvalue weighted by molar-refractivity contribution is 0.173. The van der Waals surface area contributed by atoms with E-state index in [4.69, 9.17) is 14.2 Å². The van der Waals surface area contributed by atoms with Crippen molar-refractivity contribution in [1.82, 2.24) is 0 Å². The van der Waals surface area contributed by atoms with E-state index in [1.807, 2.05) is 42.5 Å². The average Bonchev–Trinajstić information content (AvgIpc) is 2.92. The fourth-order valence-corrected chi connectivity index (χ4v) is 2.38. The van der Waals surface area contributed by atoms with E-state index in [9.17, 15) is 0 Å². The van der Waals surface area contributed by atoms with Gasteiger partial charge in [-0.2, -0.15) is 0 Å². The monoisotopic (exact) mass is 320 g/mol. The summed E-state index contributed by atoms with van der Waals surface area (Å²) in [4.78, 5) is 0. The molecule has 0 bridgehead atoms. The fourth-order valence-electron chi connectivity index (χ4n) is 1.94. The molecule has 1 aliphatic rings. The van der Waals surface area contributed by atoms with Gasteiger partial charge in [-0.05, 0) is 11.6 Å². The molecule has 0 radical (unpaired) electrons. The van der Waals surface area contributed by atoms with Crippen LogP contribution in [0, 0.1) is 0 Å². The predicted octanol–water partition coefficient (Wildman–Crippen LogP) is 3.89. The Morgan fingerprint density at radius 1 is 1.05 bits per heavy atom. The fraction of sp³-hybridized carbons (Fsp3) is 0.200. The van der Waals surface area contributed by atoms with Gasteiger partial charge in [0, 0.05) is 17.0 Å². The van der Waals surface area contributed by atoms with Gasteiger partial charge >= 0.3 is 0 Å². The average molecular weight is 321 g/mol. The van der Waals surface area contributed by atoms with Crippen molar-refractivity contribution in [3.8, 4) is 17.2 Å². The summed E-state index contributed by atoms with van der Waals surface area (Å²) < 4.78 is 16.6. The number of fused-ring (bicyclic) bond motifs is 1. The first kappa shape index (κ1) is 12.4. The lowest BCUT2D eigenvalue weighted by Crippen LogP contribution is -1.97. The van der Waals surface area contributed by atoms with Crippen molar-refractivity contribution in [2.24, 2.45) is 0 Å². The zero-order chi connectivity index (χ0) is 13.1. The molecule has 0 amide bonds. The Hall–Kier alpha value is -1.68. The van der Waals surface area contributed by atoms with Gasteiger partial charge in [0.25, 0.3) is 0 Å². The van der Waals surface area contributed by atoms with Crippen molar-refractivity contribution in [3.63, 3.8) is 0 Å². The maximum Gasteiger partial charge on any atom is 0.231 e. The maximum absolute atomic E-state index is 5.87. The Morgan fingerprint density at radius 3 is 2.53 bits per heavy atom. The Bertz CT molecular complexity index is 569. The highest BCUT2D eigenvalue weighted by molar-refractivity contribution is 9.08. The zero-order valence-corrected chi connectivity index (χ0v) is 11.9. The highest BCUT2D eigenvalue weighted by atomic mass is 79.9. The van der Waals surface area contributed by atoms with Crippen LogP contribution in [-0.2, 0) is 11.9 Å². The van der Waals surface area contributed by atoms with Crippen LogP contribution in [0.25, 0.3) is 0 Å². The van der Waals surface area contributed by atoms with Gasteiger partial charge in [0.05, 0.1) is 0 Å². The summed E-state index contributed by atoms with van der Waals surface area (Å²) in [6, 6.07) is 13.9. The summed E-state index contributed by atoms with van der Waals surface area (Å²) in [6.45, 7) is 0.819. The molecule has 1 aliphatic heterocycles. The van der Waals surface area contributed by atoms with Crippen molar-refractivity contribution in [2.75, 3.05) is 6.79 Å². The van der Waals surface area contributed by atoms with Crippen LogP contribution < -0.4 is 14.2 Å². The molecule has 0 aromatic heterocycles. The SMILES string of the molecule is BrCc1cc2c(cc1OCc1ccccc1)OCO2. The summed E-state index contributed by atoms with van der Waals surface area (Å²) in [5.74, 6) is 2.35. The molecule has 2 aromatic rings. The van der Waals surface area contributed by atoms with E-state index in [1.54, 1.807) is 0 Å². The van der Waals surface area contributed by atoms with Gasteiger partial charge in [0.15, 0.2) is 11.5 Å². The number of alkyl halides is 1. The van der Waals surface area contributed by atoms with Gasteiger partial charge in [-0.25, -0.2) is 0 Å². The van der Waals surface area contributed by atoms with Crippen molar-refractivity contribution in [2.45, 2.75) is 11.9 Å². The second-order valence-electron chi connectivity index (χ2n) is 4.22. The van der Waals surface area contributed by atoms with Crippen molar-refractivity contribution < 1.29 is 14.2 Å². The first-order chi connectivity index (χ1) is 9.36. The molecule has 0 spiro atoms. The zero-order valence-electron chi connectivity index (χ0n) is 10.3. The lowest BCUT2D eigenvalue weighted by Gasteiger charge is -2.11. The predicted molar refractivity (Wildman–Crippen MR) is 76.0 cm³/mol. The smallest absolute Gasteiger partial charge is 0.231 e. The molecule has 0 unspecified atom stereocenters. The normalized spacial score (nSPS) is 12.5. The van der Waals surface area contributed by atoms with Crippen LogP contribution in [0.2, 0.25) is 0 Å².